The molecule has 0 aliphatic carbocycles. The highest BCUT2D eigenvalue weighted by Gasteiger charge is 2.04. The standard InChI is InChI=1S/C18H17BrFNO3/c1-23-15-7-12(8-16(10-15)24-2)11-21-18(22)6-3-13-9-14(19)4-5-17(13)20/h3-10H,11H2,1-2H3,(H,21,22)/b6-3+. The van der Waals surface area contributed by atoms with Crippen LogP contribution < -0.4 is 14.8 Å². The highest BCUT2D eigenvalue weighted by Crippen LogP contribution is 2.22. The molecule has 2 aromatic rings. The summed E-state index contributed by atoms with van der Waals surface area (Å²) in [5, 5.41) is 2.73. The molecule has 2 aromatic carbocycles. The molecule has 0 heterocycles. The van der Waals surface area contributed by atoms with Crippen molar-refractivity contribution in [1.82, 2.24) is 5.32 Å². The Hall–Kier alpha value is -2.34. The minimum Gasteiger partial charge on any atom is -0.497 e. The van der Waals surface area contributed by atoms with E-state index in [2.05, 4.69) is 21.2 Å². The lowest BCUT2D eigenvalue weighted by molar-refractivity contribution is -0.116. The first-order chi connectivity index (χ1) is 11.5. The van der Waals surface area contributed by atoms with Crippen LogP contribution in [0.15, 0.2) is 46.9 Å². The van der Waals surface area contributed by atoms with Gasteiger partial charge in [0, 0.05) is 28.7 Å². The van der Waals surface area contributed by atoms with E-state index in [0.29, 0.717) is 23.6 Å². The maximum atomic E-state index is 13.6. The molecular formula is C18H17BrFNO3. The molecule has 4 nitrogen and oxygen atoms in total. The second kappa shape index (κ2) is 8.49. The third kappa shape index (κ3) is 5.09. The van der Waals surface area contributed by atoms with Crippen molar-refractivity contribution < 1.29 is 18.7 Å². The molecule has 0 saturated carbocycles. The highest BCUT2D eigenvalue weighted by atomic mass is 79.9. The van der Waals surface area contributed by atoms with E-state index in [0.717, 1.165) is 10.0 Å². The fourth-order valence-corrected chi connectivity index (χ4v) is 2.40. The molecule has 126 valence electrons. The van der Waals surface area contributed by atoms with Crippen LogP contribution in [0.25, 0.3) is 6.08 Å². The van der Waals surface area contributed by atoms with Gasteiger partial charge in [0.25, 0.3) is 0 Å². The molecule has 0 fully saturated rings. The minimum absolute atomic E-state index is 0.303. The first-order valence-corrected chi connectivity index (χ1v) is 7.94. The number of carbonyl (C=O) groups is 1. The molecule has 0 aliphatic rings. The smallest absolute Gasteiger partial charge is 0.244 e. The van der Waals surface area contributed by atoms with Crippen molar-refractivity contribution in [2.75, 3.05) is 14.2 Å². The first-order valence-electron chi connectivity index (χ1n) is 7.14. The second-order valence-corrected chi connectivity index (χ2v) is 5.85. The van der Waals surface area contributed by atoms with Gasteiger partial charge in [-0.3, -0.25) is 4.79 Å². The lowest BCUT2D eigenvalue weighted by Crippen LogP contribution is -2.20. The first kappa shape index (κ1) is 18.0. The van der Waals surface area contributed by atoms with Gasteiger partial charge in [0.1, 0.15) is 17.3 Å². The van der Waals surface area contributed by atoms with Crippen LogP contribution in [0, 0.1) is 5.82 Å². The number of hydrogen-bond acceptors (Lipinski definition) is 3. The van der Waals surface area contributed by atoms with Crippen LogP contribution in [0.3, 0.4) is 0 Å². The summed E-state index contributed by atoms with van der Waals surface area (Å²) in [5.74, 6) is 0.576. The summed E-state index contributed by atoms with van der Waals surface area (Å²) in [4.78, 5) is 11.9. The van der Waals surface area contributed by atoms with Gasteiger partial charge in [0.2, 0.25) is 5.91 Å². The molecule has 0 spiro atoms. The Morgan fingerprint density at radius 3 is 2.46 bits per heavy atom. The van der Waals surface area contributed by atoms with Gasteiger partial charge in [-0.15, -0.1) is 0 Å². The zero-order chi connectivity index (χ0) is 17.5. The summed E-state index contributed by atoms with van der Waals surface area (Å²) in [6.45, 7) is 0.303. The van der Waals surface area contributed by atoms with E-state index in [1.165, 1.54) is 18.2 Å². The monoisotopic (exact) mass is 393 g/mol. The fraction of sp³-hybridized carbons (Fsp3) is 0.167. The SMILES string of the molecule is COc1cc(CNC(=O)/C=C/c2cc(Br)ccc2F)cc(OC)c1. The molecule has 0 aromatic heterocycles. The maximum Gasteiger partial charge on any atom is 0.244 e. The number of carbonyl (C=O) groups excluding carboxylic acids is 1. The zero-order valence-corrected chi connectivity index (χ0v) is 14.9. The molecule has 0 unspecified atom stereocenters. The average molecular weight is 394 g/mol. The molecule has 1 N–H and O–H groups in total. The number of nitrogens with one attached hydrogen (secondary N) is 1. The molecule has 2 rings (SSSR count). The van der Waals surface area contributed by atoms with Crippen molar-refractivity contribution in [2.24, 2.45) is 0 Å². The summed E-state index contributed by atoms with van der Waals surface area (Å²) < 4.78 is 24.7. The Morgan fingerprint density at radius 1 is 1.17 bits per heavy atom. The highest BCUT2D eigenvalue weighted by molar-refractivity contribution is 9.10. The van der Waals surface area contributed by atoms with Crippen LogP contribution in [0.4, 0.5) is 4.39 Å². The lowest BCUT2D eigenvalue weighted by atomic mass is 10.2. The van der Waals surface area contributed by atoms with Gasteiger partial charge in [-0.25, -0.2) is 4.39 Å². The van der Waals surface area contributed by atoms with E-state index in [9.17, 15) is 9.18 Å². The maximum absolute atomic E-state index is 13.6. The van der Waals surface area contributed by atoms with Gasteiger partial charge >= 0.3 is 0 Å². The Kier molecular flexibility index (Phi) is 6.37. The second-order valence-electron chi connectivity index (χ2n) is 4.94. The van der Waals surface area contributed by atoms with Crippen molar-refractivity contribution in [3.05, 3.63) is 63.9 Å². The number of methoxy groups -OCH3 is 2. The van der Waals surface area contributed by atoms with Gasteiger partial charge in [-0.05, 0) is 42.0 Å². The number of ether oxygens (including phenoxy) is 2. The van der Waals surface area contributed by atoms with Gasteiger partial charge < -0.3 is 14.8 Å². The summed E-state index contributed by atoms with van der Waals surface area (Å²) in [6.07, 6.45) is 2.73. The van der Waals surface area contributed by atoms with E-state index in [1.54, 1.807) is 44.6 Å². The Labute approximate surface area is 148 Å². The van der Waals surface area contributed by atoms with Gasteiger partial charge in [0.05, 0.1) is 14.2 Å². The van der Waals surface area contributed by atoms with Crippen molar-refractivity contribution in [3.63, 3.8) is 0 Å². The molecule has 6 heteroatoms. The molecule has 0 saturated heterocycles. The van der Waals surface area contributed by atoms with Crippen LogP contribution >= 0.6 is 15.9 Å². The molecule has 0 atom stereocenters. The predicted molar refractivity (Wildman–Crippen MR) is 94.5 cm³/mol. The number of amides is 1. The predicted octanol–water partition coefficient (Wildman–Crippen LogP) is 3.94. The number of hydrogen-bond donors (Lipinski definition) is 1. The van der Waals surface area contributed by atoms with Crippen LogP contribution in [0.5, 0.6) is 11.5 Å². The quantitative estimate of drug-likeness (QED) is 0.756. The molecule has 0 bridgehead atoms. The Bertz CT molecular complexity index is 740. The van der Waals surface area contributed by atoms with E-state index < -0.39 is 0 Å². The number of halogens is 2. The van der Waals surface area contributed by atoms with Gasteiger partial charge in [-0.2, -0.15) is 0 Å². The molecule has 0 radical (unpaired) electrons. The normalized spacial score (nSPS) is 10.7. The van der Waals surface area contributed by atoms with Crippen molar-refractivity contribution in [3.8, 4) is 11.5 Å². The van der Waals surface area contributed by atoms with Crippen molar-refractivity contribution in [2.45, 2.75) is 6.54 Å². The number of benzene rings is 2. The summed E-state index contributed by atoms with van der Waals surface area (Å²) >= 11 is 3.27. The third-order valence-corrected chi connectivity index (χ3v) is 3.74. The van der Waals surface area contributed by atoms with Crippen LogP contribution in [-0.4, -0.2) is 20.1 Å². The summed E-state index contributed by atoms with van der Waals surface area (Å²) in [5.41, 5.74) is 1.17. The summed E-state index contributed by atoms with van der Waals surface area (Å²) in [6, 6.07) is 9.90. The van der Waals surface area contributed by atoms with E-state index >= 15 is 0 Å². The average Bonchev–Trinajstić information content (AvgIpc) is 2.60. The summed E-state index contributed by atoms with van der Waals surface area (Å²) in [7, 11) is 3.12. The molecule has 1 amide bonds. The Morgan fingerprint density at radius 2 is 1.83 bits per heavy atom. The largest absolute Gasteiger partial charge is 0.497 e. The Balaban J connectivity index is 2.00. The van der Waals surface area contributed by atoms with Crippen LogP contribution in [0.1, 0.15) is 11.1 Å². The molecular weight excluding hydrogens is 377 g/mol. The molecule has 0 aliphatic heterocycles. The van der Waals surface area contributed by atoms with Crippen LogP contribution in [-0.2, 0) is 11.3 Å². The topological polar surface area (TPSA) is 47.6 Å². The third-order valence-electron chi connectivity index (χ3n) is 3.25. The van der Waals surface area contributed by atoms with Gasteiger partial charge in [0.15, 0.2) is 0 Å². The molecule has 24 heavy (non-hydrogen) atoms. The van der Waals surface area contributed by atoms with E-state index in [1.807, 2.05) is 0 Å². The number of rotatable bonds is 6. The minimum atomic E-state index is -0.389. The van der Waals surface area contributed by atoms with Crippen LogP contribution in [0.2, 0.25) is 0 Å². The van der Waals surface area contributed by atoms with Crippen molar-refractivity contribution >= 4 is 27.9 Å². The van der Waals surface area contributed by atoms with Gasteiger partial charge in [-0.1, -0.05) is 15.9 Å². The van der Waals surface area contributed by atoms with E-state index in [-0.39, 0.29) is 11.7 Å². The van der Waals surface area contributed by atoms with Crippen molar-refractivity contribution in [1.29, 1.82) is 0 Å². The lowest BCUT2D eigenvalue weighted by Gasteiger charge is -2.08. The van der Waals surface area contributed by atoms with E-state index in [4.69, 9.17) is 9.47 Å². The fourth-order valence-electron chi connectivity index (χ4n) is 2.02. The zero-order valence-electron chi connectivity index (χ0n) is 13.3.